The molecule has 0 saturated heterocycles. The van der Waals surface area contributed by atoms with Crippen LogP contribution < -0.4 is 0 Å². The quantitative estimate of drug-likeness (QED) is 0.577. The third-order valence-corrected chi connectivity index (χ3v) is 3.77. The molecule has 24 heavy (non-hydrogen) atoms. The van der Waals surface area contributed by atoms with Gasteiger partial charge in [-0.25, -0.2) is 4.98 Å². The van der Waals surface area contributed by atoms with E-state index in [1.807, 2.05) is 0 Å². The zero-order valence-electron chi connectivity index (χ0n) is 12.6. The summed E-state index contributed by atoms with van der Waals surface area (Å²) in [5, 5.41) is 0.767. The molecule has 1 amide bonds. The summed E-state index contributed by atoms with van der Waals surface area (Å²) in [6.07, 6.45) is 0. The maximum Gasteiger partial charge on any atom is 0.325 e. The summed E-state index contributed by atoms with van der Waals surface area (Å²) in [4.78, 5) is 29.5. The zero-order valence-corrected chi connectivity index (χ0v) is 14.9. The van der Waals surface area contributed by atoms with E-state index < -0.39 is 11.9 Å². The average molecular weight is 388 g/mol. The molecule has 126 valence electrons. The van der Waals surface area contributed by atoms with Crippen molar-refractivity contribution in [3.8, 4) is 0 Å². The molecule has 8 heteroatoms. The van der Waals surface area contributed by atoms with Crippen LogP contribution >= 0.6 is 34.8 Å². The highest BCUT2D eigenvalue weighted by Gasteiger charge is 2.21. The molecule has 0 N–H and O–H groups in total. The fourth-order valence-electron chi connectivity index (χ4n) is 2.00. The fraction of sp³-hybridized carbons (Fsp3) is 0.188. The van der Waals surface area contributed by atoms with E-state index in [1.165, 1.54) is 24.1 Å². The van der Waals surface area contributed by atoms with Gasteiger partial charge in [0.15, 0.2) is 0 Å². The van der Waals surface area contributed by atoms with Crippen molar-refractivity contribution in [1.29, 1.82) is 0 Å². The van der Waals surface area contributed by atoms with Crippen molar-refractivity contribution in [1.82, 2.24) is 9.88 Å². The standard InChI is InChI=1S/C16H13Cl3N2O3/c1-24-15(22)9-21(8-10-2-4-12(17)5-3-10)16(23)11-6-13(18)20-14(19)7-11/h2-7H,8-9H2,1H3. The number of pyridine rings is 1. The monoisotopic (exact) mass is 386 g/mol. The number of ether oxygens (including phenoxy) is 1. The number of esters is 1. The first-order valence-electron chi connectivity index (χ1n) is 6.82. The van der Waals surface area contributed by atoms with Crippen molar-refractivity contribution in [3.05, 3.63) is 62.9 Å². The minimum atomic E-state index is -0.538. The molecule has 2 rings (SSSR count). The van der Waals surface area contributed by atoms with Crippen LogP contribution in [0, 0.1) is 0 Å². The third kappa shape index (κ3) is 5.09. The first-order valence-corrected chi connectivity index (χ1v) is 7.96. The minimum Gasteiger partial charge on any atom is -0.468 e. The molecule has 1 heterocycles. The number of aromatic nitrogens is 1. The van der Waals surface area contributed by atoms with Crippen LogP contribution in [-0.4, -0.2) is 35.4 Å². The summed E-state index contributed by atoms with van der Waals surface area (Å²) in [7, 11) is 1.26. The van der Waals surface area contributed by atoms with Crippen LogP contribution in [0.5, 0.6) is 0 Å². The number of carbonyl (C=O) groups is 2. The Morgan fingerprint density at radius 2 is 1.67 bits per heavy atom. The second-order valence-corrected chi connectivity index (χ2v) is 6.08. The zero-order chi connectivity index (χ0) is 17.7. The second kappa shape index (κ2) is 8.33. The largest absolute Gasteiger partial charge is 0.468 e. The highest BCUT2D eigenvalue weighted by Crippen LogP contribution is 2.18. The number of hydrogen-bond acceptors (Lipinski definition) is 4. The lowest BCUT2D eigenvalue weighted by Crippen LogP contribution is -2.35. The van der Waals surface area contributed by atoms with E-state index >= 15 is 0 Å². The molecule has 0 aliphatic rings. The Balaban J connectivity index is 2.28. The first-order chi connectivity index (χ1) is 11.4. The third-order valence-electron chi connectivity index (χ3n) is 3.13. The van der Waals surface area contributed by atoms with Crippen molar-refractivity contribution in [3.63, 3.8) is 0 Å². The maximum atomic E-state index is 12.7. The lowest BCUT2D eigenvalue weighted by molar-refractivity contribution is -0.141. The summed E-state index contributed by atoms with van der Waals surface area (Å²) in [6, 6.07) is 9.73. The minimum absolute atomic E-state index is 0.0929. The first kappa shape index (κ1) is 18.5. The molecule has 0 aliphatic heterocycles. The topological polar surface area (TPSA) is 59.5 Å². The molecule has 1 aromatic heterocycles. The van der Waals surface area contributed by atoms with Gasteiger partial charge >= 0.3 is 5.97 Å². The molecule has 0 radical (unpaired) electrons. The maximum absolute atomic E-state index is 12.7. The van der Waals surface area contributed by atoms with E-state index in [2.05, 4.69) is 9.72 Å². The molecule has 1 aromatic carbocycles. The van der Waals surface area contributed by atoms with Crippen molar-refractivity contribution in [2.24, 2.45) is 0 Å². The number of hydrogen-bond donors (Lipinski definition) is 0. The van der Waals surface area contributed by atoms with E-state index in [4.69, 9.17) is 34.8 Å². The Labute approximate surface area is 154 Å². The van der Waals surface area contributed by atoms with Gasteiger partial charge in [0.25, 0.3) is 5.91 Å². The normalized spacial score (nSPS) is 10.3. The van der Waals surface area contributed by atoms with Gasteiger partial charge in [-0.1, -0.05) is 46.9 Å². The lowest BCUT2D eigenvalue weighted by Gasteiger charge is -2.22. The van der Waals surface area contributed by atoms with Crippen molar-refractivity contribution in [2.45, 2.75) is 6.54 Å². The van der Waals surface area contributed by atoms with Gasteiger partial charge in [0, 0.05) is 17.1 Å². The van der Waals surface area contributed by atoms with Gasteiger partial charge in [-0.3, -0.25) is 9.59 Å². The number of benzene rings is 1. The van der Waals surface area contributed by atoms with Gasteiger partial charge in [0.1, 0.15) is 16.9 Å². The molecule has 2 aromatic rings. The highest BCUT2D eigenvalue weighted by atomic mass is 35.5. The van der Waals surface area contributed by atoms with Gasteiger partial charge in [0.05, 0.1) is 7.11 Å². The molecule has 5 nitrogen and oxygen atoms in total. The van der Waals surface area contributed by atoms with Gasteiger partial charge in [-0.05, 0) is 29.8 Å². The van der Waals surface area contributed by atoms with Crippen LogP contribution in [0.15, 0.2) is 36.4 Å². The molecular weight excluding hydrogens is 375 g/mol. The summed E-state index contributed by atoms with van der Waals surface area (Å²) in [6.45, 7) is -0.0157. The average Bonchev–Trinajstić information content (AvgIpc) is 2.54. The van der Waals surface area contributed by atoms with E-state index in [0.29, 0.717) is 5.02 Å². The molecule has 0 spiro atoms. The van der Waals surface area contributed by atoms with Crippen LogP contribution in [-0.2, 0) is 16.1 Å². The Hall–Kier alpha value is -1.82. The number of nitrogens with zero attached hydrogens (tertiary/aromatic N) is 2. The summed E-state index contributed by atoms with van der Waals surface area (Å²) < 4.78 is 4.65. The van der Waals surface area contributed by atoms with Crippen LogP contribution in [0.1, 0.15) is 15.9 Å². The predicted octanol–water partition coefficient (Wildman–Crippen LogP) is 3.86. The number of carbonyl (C=O) groups excluding carboxylic acids is 2. The Morgan fingerprint density at radius 1 is 1.08 bits per heavy atom. The second-order valence-electron chi connectivity index (χ2n) is 4.87. The summed E-state index contributed by atoms with van der Waals surface area (Å²) in [5.41, 5.74) is 1.04. The number of rotatable bonds is 5. The molecule has 0 atom stereocenters. The summed E-state index contributed by atoms with van der Waals surface area (Å²) >= 11 is 17.5. The molecule has 0 aliphatic carbocycles. The van der Waals surface area contributed by atoms with Crippen LogP contribution in [0.25, 0.3) is 0 Å². The van der Waals surface area contributed by atoms with Gasteiger partial charge in [0.2, 0.25) is 0 Å². The lowest BCUT2D eigenvalue weighted by atomic mass is 10.2. The van der Waals surface area contributed by atoms with Crippen LogP contribution in [0.2, 0.25) is 15.3 Å². The van der Waals surface area contributed by atoms with Gasteiger partial charge in [-0.2, -0.15) is 0 Å². The van der Waals surface area contributed by atoms with E-state index in [1.54, 1.807) is 24.3 Å². The van der Waals surface area contributed by atoms with Crippen molar-refractivity contribution < 1.29 is 14.3 Å². The smallest absolute Gasteiger partial charge is 0.325 e. The Bertz CT molecular complexity index is 730. The van der Waals surface area contributed by atoms with Gasteiger partial charge < -0.3 is 9.64 Å². The van der Waals surface area contributed by atoms with Gasteiger partial charge in [-0.15, -0.1) is 0 Å². The molecule has 0 saturated carbocycles. The molecule has 0 unspecified atom stereocenters. The Morgan fingerprint density at radius 3 is 2.21 bits per heavy atom. The predicted molar refractivity (Wildman–Crippen MR) is 92.5 cm³/mol. The SMILES string of the molecule is COC(=O)CN(Cc1ccc(Cl)cc1)C(=O)c1cc(Cl)nc(Cl)c1. The number of halogens is 3. The number of amides is 1. The Kier molecular flexibility index (Phi) is 6.43. The highest BCUT2D eigenvalue weighted by molar-refractivity contribution is 6.33. The number of methoxy groups -OCH3 is 1. The van der Waals surface area contributed by atoms with Crippen molar-refractivity contribution >= 4 is 46.7 Å². The van der Waals surface area contributed by atoms with E-state index in [9.17, 15) is 9.59 Å². The van der Waals surface area contributed by atoms with E-state index in [0.717, 1.165) is 5.56 Å². The van der Waals surface area contributed by atoms with Crippen LogP contribution in [0.3, 0.4) is 0 Å². The van der Waals surface area contributed by atoms with Crippen molar-refractivity contribution in [2.75, 3.05) is 13.7 Å². The van der Waals surface area contributed by atoms with Crippen LogP contribution in [0.4, 0.5) is 0 Å². The summed E-state index contributed by atoms with van der Waals surface area (Å²) in [5.74, 6) is -0.954. The molecule has 0 fully saturated rings. The fourth-order valence-corrected chi connectivity index (χ4v) is 2.59. The molecule has 0 bridgehead atoms. The molecular formula is C16H13Cl3N2O3. The van der Waals surface area contributed by atoms with E-state index in [-0.39, 0.29) is 29.0 Å².